The molecule has 0 saturated heterocycles. The van der Waals surface area contributed by atoms with Crippen molar-refractivity contribution in [1.82, 2.24) is 0 Å². The molecule has 3 rings (SSSR count). The molecule has 0 heterocycles. The van der Waals surface area contributed by atoms with Crippen LogP contribution in [0, 0.1) is 0 Å². The topological polar surface area (TPSA) is 29.5 Å². The van der Waals surface area contributed by atoms with Gasteiger partial charge in [-0.15, -0.1) is 0 Å². The fraction of sp³-hybridized carbons (Fsp3) is 0.174. The molecule has 0 atom stereocenters. The summed E-state index contributed by atoms with van der Waals surface area (Å²) in [5.41, 5.74) is 2.79. The van der Waals surface area contributed by atoms with Crippen LogP contribution in [0.2, 0.25) is 0 Å². The second kappa shape index (κ2) is 7.44. The Morgan fingerprint density at radius 1 is 0.769 bits per heavy atom. The molecule has 0 aliphatic carbocycles. The van der Waals surface area contributed by atoms with Crippen LogP contribution in [0.25, 0.3) is 0 Å². The second-order valence-electron chi connectivity index (χ2n) is 6.45. The minimum absolute atomic E-state index is 0.326. The molecule has 0 amide bonds. The molecule has 3 heteroatoms. The highest BCUT2D eigenvalue weighted by atomic mass is 16.6. The van der Waals surface area contributed by atoms with Crippen molar-refractivity contribution in [2.24, 2.45) is 0 Å². The molecule has 0 aliphatic rings. The molecule has 26 heavy (non-hydrogen) atoms. The Bertz CT molecular complexity index is 833. The van der Waals surface area contributed by atoms with Gasteiger partial charge in [-0.05, 0) is 12.1 Å². The molecule has 0 N–H and O–H groups in total. The first-order chi connectivity index (χ1) is 12.5. The maximum absolute atomic E-state index is 12.2. The van der Waals surface area contributed by atoms with Gasteiger partial charge in [0.15, 0.2) is 5.60 Å². The second-order valence-corrected chi connectivity index (χ2v) is 6.45. The van der Waals surface area contributed by atoms with Gasteiger partial charge in [0.25, 0.3) is 0 Å². The minimum atomic E-state index is -1.000. The van der Waals surface area contributed by atoms with E-state index >= 15 is 0 Å². The smallest absolute Gasteiger partial charge is 0.304 e. The van der Waals surface area contributed by atoms with Crippen molar-refractivity contribution in [3.8, 4) is 0 Å². The van der Waals surface area contributed by atoms with Gasteiger partial charge in [-0.25, -0.2) is 0 Å². The maximum Gasteiger partial charge on any atom is 0.304 e. The maximum atomic E-state index is 12.2. The molecule has 3 nitrogen and oxygen atoms in total. The van der Waals surface area contributed by atoms with Crippen molar-refractivity contribution in [3.05, 3.63) is 102 Å². The van der Waals surface area contributed by atoms with Crippen molar-refractivity contribution in [2.45, 2.75) is 12.5 Å². The Kier molecular flexibility index (Phi) is 5.08. The molecule has 0 bridgehead atoms. The zero-order chi connectivity index (χ0) is 18.6. The SMILES string of the molecule is CC(=O)OC(c1ccccc1)(c1ccccc1)c1cccc(N(C)C)c1. The highest BCUT2D eigenvalue weighted by Gasteiger charge is 2.40. The largest absolute Gasteiger partial charge is 0.444 e. The van der Waals surface area contributed by atoms with Gasteiger partial charge in [0.2, 0.25) is 0 Å². The summed E-state index contributed by atoms with van der Waals surface area (Å²) in [6, 6.07) is 27.9. The van der Waals surface area contributed by atoms with Gasteiger partial charge in [-0.1, -0.05) is 72.8 Å². The standard InChI is InChI=1S/C23H23NO2/c1-18(25)26-23(19-11-6-4-7-12-19,20-13-8-5-9-14-20)21-15-10-16-22(17-21)24(2)3/h4-17H,1-3H3. The Hall–Kier alpha value is -3.07. The van der Waals surface area contributed by atoms with Crippen LogP contribution in [0.3, 0.4) is 0 Å². The number of ether oxygens (including phenoxy) is 1. The van der Waals surface area contributed by atoms with E-state index in [9.17, 15) is 4.79 Å². The van der Waals surface area contributed by atoms with E-state index in [0.29, 0.717) is 0 Å². The number of carbonyl (C=O) groups is 1. The summed E-state index contributed by atoms with van der Waals surface area (Å²) in [6.07, 6.45) is 0. The third-order valence-electron chi connectivity index (χ3n) is 4.43. The van der Waals surface area contributed by atoms with Gasteiger partial charge >= 0.3 is 5.97 Å². The fourth-order valence-electron chi connectivity index (χ4n) is 3.24. The number of anilines is 1. The number of hydrogen-bond donors (Lipinski definition) is 0. The van der Waals surface area contributed by atoms with E-state index in [4.69, 9.17) is 4.74 Å². The zero-order valence-electron chi connectivity index (χ0n) is 15.3. The Labute approximate surface area is 154 Å². The zero-order valence-corrected chi connectivity index (χ0v) is 15.3. The van der Waals surface area contributed by atoms with E-state index in [1.807, 2.05) is 97.9 Å². The van der Waals surface area contributed by atoms with Crippen LogP contribution in [-0.2, 0) is 15.1 Å². The van der Waals surface area contributed by atoms with E-state index in [1.54, 1.807) is 0 Å². The lowest BCUT2D eigenvalue weighted by Crippen LogP contribution is -2.34. The summed E-state index contributed by atoms with van der Waals surface area (Å²) in [5.74, 6) is -0.326. The van der Waals surface area contributed by atoms with Crippen LogP contribution in [-0.4, -0.2) is 20.1 Å². The van der Waals surface area contributed by atoms with Crippen LogP contribution in [0.1, 0.15) is 23.6 Å². The molecule has 0 aliphatic heterocycles. The Morgan fingerprint density at radius 2 is 1.27 bits per heavy atom. The molecule has 0 aromatic heterocycles. The molecule has 3 aromatic rings. The Morgan fingerprint density at radius 3 is 1.73 bits per heavy atom. The van der Waals surface area contributed by atoms with Gasteiger partial charge in [-0.3, -0.25) is 4.79 Å². The molecule has 0 fully saturated rings. The lowest BCUT2D eigenvalue weighted by atomic mass is 9.80. The fourth-order valence-corrected chi connectivity index (χ4v) is 3.24. The number of rotatable bonds is 5. The highest BCUT2D eigenvalue weighted by molar-refractivity contribution is 5.69. The summed E-state index contributed by atoms with van der Waals surface area (Å²) in [5, 5.41) is 0. The highest BCUT2D eigenvalue weighted by Crippen LogP contribution is 2.41. The molecule has 0 unspecified atom stereocenters. The summed E-state index contributed by atoms with van der Waals surface area (Å²) in [6.45, 7) is 1.45. The van der Waals surface area contributed by atoms with E-state index < -0.39 is 5.60 Å². The van der Waals surface area contributed by atoms with Crippen LogP contribution in [0.4, 0.5) is 5.69 Å². The lowest BCUT2D eigenvalue weighted by molar-refractivity contribution is -0.150. The van der Waals surface area contributed by atoms with Crippen LogP contribution in [0.15, 0.2) is 84.9 Å². The van der Waals surface area contributed by atoms with Gasteiger partial charge in [0.05, 0.1) is 0 Å². The summed E-state index contributed by atoms with van der Waals surface area (Å²) < 4.78 is 6.07. The number of benzene rings is 3. The molecule has 3 aromatic carbocycles. The summed E-state index contributed by atoms with van der Waals surface area (Å²) >= 11 is 0. The van der Waals surface area contributed by atoms with E-state index in [-0.39, 0.29) is 5.97 Å². The van der Waals surface area contributed by atoms with E-state index in [0.717, 1.165) is 22.4 Å². The van der Waals surface area contributed by atoms with Gasteiger partial charge in [-0.2, -0.15) is 0 Å². The first-order valence-electron chi connectivity index (χ1n) is 8.62. The van der Waals surface area contributed by atoms with Crippen molar-refractivity contribution < 1.29 is 9.53 Å². The number of nitrogens with zero attached hydrogens (tertiary/aromatic N) is 1. The number of esters is 1. The normalized spacial score (nSPS) is 11.0. The summed E-state index contributed by atoms with van der Waals surface area (Å²) in [4.78, 5) is 14.2. The quantitative estimate of drug-likeness (QED) is 0.500. The van der Waals surface area contributed by atoms with E-state index in [2.05, 4.69) is 6.07 Å². The first kappa shape index (κ1) is 17.7. The predicted octanol–water partition coefficient (Wildman–Crippen LogP) is 4.61. The average Bonchev–Trinajstić information content (AvgIpc) is 2.67. The monoisotopic (exact) mass is 345 g/mol. The predicted molar refractivity (Wildman–Crippen MR) is 105 cm³/mol. The van der Waals surface area contributed by atoms with Crippen molar-refractivity contribution in [2.75, 3.05) is 19.0 Å². The third-order valence-corrected chi connectivity index (χ3v) is 4.43. The Balaban J connectivity index is 2.34. The lowest BCUT2D eigenvalue weighted by Gasteiger charge is -2.35. The number of hydrogen-bond acceptors (Lipinski definition) is 3. The first-order valence-corrected chi connectivity index (χ1v) is 8.62. The number of carbonyl (C=O) groups excluding carboxylic acids is 1. The van der Waals surface area contributed by atoms with Crippen molar-refractivity contribution >= 4 is 11.7 Å². The molecule has 0 saturated carbocycles. The molecule has 0 radical (unpaired) electrons. The van der Waals surface area contributed by atoms with Crippen LogP contribution < -0.4 is 4.90 Å². The molecule has 132 valence electrons. The van der Waals surface area contributed by atoms with Gasteiger partial charge in [0, 0.05) is 43.4 Å². The van der Waals surface area contributed by atoms with Crippen molar-refractivity contribution in [1.29, 1.82) is 0 Å². The molecular weight excluding hydrogens is 322 g/mol. The third kappa shape index (κ3) is 3.33. The molecule has 0 spiro atoms. The van der Waals surface area contributed by atoms with Crippen LogP contribution >= 0.6 is 0 Å². The molecular formula is C23H23NO2. The average molecular weight is 345 g/mol. The van der Waals surface area contributed by atoms with Crippen molar-refractivity contribution in [3.63, 3.8) is 0 Å². The summed E-state index contributed by atoms with van der Waals surface area (Å²) in [7, 11) is 4.00. The van der Waals surface area contributed by atoms with Crippen LogP contribution in [0.5, 0.6) is 0 Å². The van der Waals surface area contributed by atoms with E-state index in [1.165, 1.54) is 6.92 Å². The van der Waals surface area contributed by atoms with Gasteiger partial charge in [0.1, 0.15) is 0 Å². The van der Waals surface area contributed by atoms with Gasteiger partial charge < -0.3 is 9.64 Å². The minimum Gasteiger partial charge on any atom is -0.444 e.